The van der Waals surface area contributed by atoms with E-state index in [9.17, 15) is 13.2 Å². The van der Waals surface area contributed by atoms with E-state index in [1.807, 2.05) is 17.0 Å². The molecule has 2 aliphatic rings. The van der Waals surface area contributed by atoms with Crippen molar-refractivity contribution in [2.45, 2.75) is 42.8 Å². The molecule has 218 valence electrons. The van der Waals surface area contributed by atoms with Crippen LogP contribution in [-0.4, -0.2) is 48.6 Å². The second-order valence-corrected chi connectivity index (χ2v) is 11.7. The fourth-order valence-electron chi connectivity index (χ4n) is 4.88. The molecule has 2 aromatic carbocycles. The Bertz CT molecular complexity index is 1300. The summed E-state index contributed by atoms with van der Waals surface area (Å²) in [6.07, 6.45) is -0.315. The summed E-state index contributed by atoms with van der Waals surface area (Å²) in [5, 5.41) is 6.76. The van der Waals surface area contributed by atoms with E-state index in [1.54, 1.807) is 11.9 Å². The van der Waals surface area contributed by atoms with Gasteiger partial charge in [-0.2, -0.15) is 13.2 Å². The summed E-state index contributed by atoms with van der Waals surface area (Å²) >= 11 is 1.66. The van der Waals surface area contributed by atoms with Crippen molar-refractivity contribution in [2.75, 3.05) is 49.5 Å². The van der Waals surface area contributed by atoms with Crippen molar-refractivity contribution in [1.29, 1.82) is 0 Å². The highest BCUT2D eigenvalue weighted by Gasteiger charge is 2.39. The van der Waals surface area contributed by atoms with Crippen molar-refractivity contribution in [2.24, 2.45) is 5.73 Å². The number of anilines is 2. The Balaban J connectivity index is 1.09. The summed E-state index contributed by atoms with van der Waals surface area (Å²) in [6, 6.07) is 17.8. The maximum Gasteiger partial charge on any atom is 0.416 e. The quantitative estimate of drug-likeness (QED) is 0.170. The summed E-state index contributed by atoms with van der Waals surface area (Å²) in [7, 11) is 0. The van der Waals surface area contributed by atoms with Gasteiger partial charge in [0.05, 0.1) is 5.56 Å². The first-order valence-corrected chi connectivity index (χ1v) is 14.9. The third-order valence-corrected chi connectivity index (χ3v) is 8.49. The van der Waals surface area contributed by atoms with Crippen LogP contribution in [0.2, 0.25) is 0 Å². The Hall–Kier alpha value is -3.05. The molecule has 1 saturated heterocycles. The first-order valence-electron chi connectivity index (χ1n) is 14.1. The molecule has 0 atom stereocenters. The lowest BCUT2D eigenvalue weighted by Gasteiger charge is -2.35. The monoisotopic (exact) mass is 582 g/mol. The van der Waals surface area contributed by atoms with Crippen LogP contribution in [0, 0.1) is 0 Å². The van der Waals surface area contributed by atoms with Gasteiger partial charge < -0.3 is 21.3 Å². The molecule has 0 radical (unpaired) electrons. The van der Waals surface area contributed by atoms with Crippen molar-refractivity contribution in [1.82, 2.24) is 14.6 Å². The minimum Gasteiger partial charge on any atom is -0.356 e. The van der Waals surface area contributed by atoms with Crippen LogP contribution in [-0.2, 0) is 12.7 Å². The third-order valence-electron chi connectivity index (χ3n) is 7.38. The molecule has 4 N–H and O–H groups in total. The normalized spacial score (nSPS) is 16.1. The van der Waals surface area contributed by atoms with Gasteiger partial charge in [-0.05, 0) is 97.2 Å². The second-order valence-electron chi connectivity index (χ2n) is 10.6. The van der Waals surface area contributed by atoms with E-state index < -0.39 is 11.7 Å². The fourth-order valence-corrected chi connectivity index (χ4v) is 5.78. The number of nitrogens with one attached hydrogen (secondary N) is 2. The molecule has 41 heavy (non-hydrogen) atoms. The lowest BCUT2D eigenvalue weighted by Crippen LogP contribution is -2.43. The van der Waals surface area contributed by atoms with Crippen LogP contribution in [0.4, 0.5) is 24.7 Å². The standard InChI is InChI=1S/C31H37F3N6S/c1-22(24-5-3-23(4-6-24)20-36-14-2-13-35)38-26-9-11-27(12-10-26)41-40-17-15-39(16-18-40)30-19-29(31(32,33)34)28(21-37-30)25-7-8-25/h3-6,9-12,19,21,25,36,38H,1-2,7-8,13-18,20,35H2. The molecule has 0 bridgehead atoms. The topological polar surface area (TPSA) is 69.5 Å². The van der Waals surface area contributed by atoms with Gasteiger partial charge in [-0.15, -0.1) is 0 Å². The second kappa shape index (κ2) is 13.3. The van der Waals surface area contributed by atoms with Gasteiger partial charge in [0, 0.05) is 55.2 Å². The predicted octanol–water partition coefficient (Wildman–Crippen LogP) is 6.33. The number of alkyl halides is 3. The number of halogens is 3. The number of hydrogen-bond acceptors (Lipinski definition) is 7. The van der Waals surface area contributed by atoms with E-state index in [0.29, 0.717) is 31.0 Å². The average molecular weight is 583 g/mol. The third kappa shape index (κ3) is 8.03. The lowest BCUT2D eigenvalue weighted by atomic mass is 10.1. The van der Waals surface area contributed by atoms with Gasteiger partial charge in [0.15, 0.2) is 0 Å². The molecule has 2 heterocycles. The summed E-state index contributed by atoms with van der Waals surface area (Å²) in [5.74, 6) is 0.419. The van der Waals surface area contributed by atoms with Crippen LogP contribution in [0.1, 0.15) is 47.4 Å². The highest BCUT2D eigenvalue weighted by atomic mass is 32.2. The van der Waals surface area contributed by atoms with E-state index in [-0.39, 0.29) is 5.92 Å². The summed E-state index contributed by atoms with van der Waals surface area (Å²) < 4.78 is 43.3. The molecule has 1 aromatic heterocycles. The van der Waals surface area contributed by atoms with Gasteiger partial charge in [0.2, 0.25) is 0 Å². The van der Waals surface area contributed by atoms with E-state index in [2.05, 4.69) is 62.9 Å². The van der Waals surface area contributed by atoms with Crippen molar-refractivity contribution >= 4 is 29.2 Å². The zero-order chi connectivity index (χ0) is 28.8. The van der Waals surface area contributed by atoms with Crippen LogP contribution < -0.4 is 21.3 Å². The zero-order valence-corrected chi connectivity index (χ0v) is 23.9. The smallest absolute Gasteiger partial charge is 0.356 e. The Kier molecular flexibility index (Phi) is 9.54. The van der Waals surface area contributed by atoms with Crippen LogP contribution in [0.15, 0.2) is 72.3 Å². The van der Waals surface area contributed by atoms with E-state index >= 15 is 0 Å². The van der Waals surface area contributed by atoms with Crippen molar-refractivity contribution in [3.63, 3.8) is 0 Å². The molecule has 1 aliphatic heterocycles. The van der Waals surface area contributed by atoms with Gasteiger partial charge in [-0.25, -0.2) is 9.29 Å². The van der Waals surface area contributed by atoms with Gasteiger partial charge in [-0.3, -0.25) is 0 Å². The lowest BCUT2D eigenvalue weighted by molar-refractivity contribution is -0.138. The molecule has 1 aliphatic carbocycles. The van der Waals surface area contributed by atoms with Crippen LogP contribution in [0.5, 0.6) is 0 Å². The van der Waals surface area contributed by atoms with Crippen molar-refractivity contribution in [3.05, 3.63) is 89.6 Å². The highest BCUT2D eigenvalue weighted by molar-refractivity contribution is 7.97. The number of hydrogen-bond donors (Lipinski definition) is 3. The Morgan fingerprint density at radius 2 is 1.73 bits per heavy atom. The molecule has 10 heteroatoms. The molecule has 5 rings (SSSR count). The number of piperazine rings is 1. The minimum absolute atomic E-state index is 0.00658. The Morgan fingerprint density at radius 3 is 2.37 bits per heavy atom. The molecular weight excluding hydrogens is 545 g/mol. The van der Waals surface area contributed by atoms with Crippen LogP contribution in [0.25, 0.3) is 5.70 Å². The Morgan fingerprint density at radius 1 is 1.02 bits per heavy atom. The maximum atomic E-state index is 13.7. The van der Waals surface area contributed by atoms with Crippen molar-refractivity contribution < 1.29 is 13.2 Å². The number of nitrogens with zero attached hydrogens (tertiary/aromatic N) is 3. The fraction of sp³-hybridized carbons (Fsp3) is 0.387. The predicted molar refractivity (Wildman–Crippen MR) is 162 cm³/mol. The number of nitrogens with two attached hydrogens (primary N) is 1. The molecule has 3 aromatic rings. The first-order chi connectivity index (χ1) is 19.8. The van der Waals surface area contributed by atoms with E-state index in [0.717, 1.165) is 67.3 Å². The van der Waals surface area contributed by atoms with E-state index in [4.69, 9.17) is 5.73 Å². The largest absolute Gasteiger partial charge is 0.416 e. The minimum atomic E-state index is -4.35. The zero-order valence-electron chi connectivity index (χ0n) is 23.1. The molecule has 0 amide bonds. The molecule has 0 unspecified atom stereocenters. The Labute approximate surface area is 244 Å². The summed E-state index contributed by atoms with van der Waals surface area (Å²) in [6.45, 7) is 9.33. The molecule has 1 saturated carbocycles. The molecule has 0 spiro atoms. The summed E-state index contributed by atoms with van der Waals surface area (Å²) in [5.41, 5.74) is 9.39. The van der Waals surface area contributed by atoms with Gasteiger partial charge >= 0.3 is 6.18 Å². The number of benzene rings is 2. The van der Waals surface area contributed by atoms with Crippen LogP contribution >= 0.6 is 11.9 Å². The van der Waals surface area contributed by atoms with Gasteiger partial charge in [-0.1, -0.05) is 30.8 Å². The average Bonchev–Trinajstić information content (AvgIpc) is 3.82. The molecular formula is C31H37F3N6S. The maximum absolute atomic E-state index is 13.7. The highest BCUT2D eigenvalue weighted by Crippen LogP contribution is 2.46. The van der Waals surface area contributed by atoms with Gasteiger partial charge in [0.1, 0.15) is 5.82 Å². The number of aromatic nitrogens is 1. The molecule has 2 fully saturated rings. The van der Waals surface area contributed by atoms with Crippen molar-refractivity contribution in [3.8, 4) is 0 Å². The first kappa shape index (κ1) is 29.4. The summed E-state index contributed by atoms with van der Waals surface area (Å²) in [4.78, 5) is 7.46. The number of pyridine rings is 1. The number of rotatable bonds is 12. The van der Waals surface area contributed by atoms with E-state index in [1.165, 1.54) is 17.8 Å². The van der Waals surface area contributed by atoms with Crippen LogP contribution in [0.3, 0.4) is 0 Å². The SMILES string of the molecule is C=C(Nc1ccc(SN2CCN(c3cc(C(F)(F)F)c(C4CC4)cn3)CC2)cc1)c1ccc(CNCCCN)cc1. The molecule has 6 nitrogen and oxygen atoms in total. The van der Waals surface area contributed by atoms with Gasteiger partial charge in [0.25, 0.3) is 0 Å².